The third-order valence-corrected chi connectivity index (χ3v) is 2.52. The highest BCUT2D eigenvalue weighted by Gasteiger charge is 2.19. The summed E-state index contributed by atoms with van der Waals surface area (Å²) < 4.78 is 10.3. The Morgan fingerprint density at radius 1 is 1.00 bits per heavy atom. The molecule has 0 aliphatic heterocycles. The number of rotatable bonds is 6. The van der Waals surface area contributed by atoms with Crippen molar-refractivity contribution in [3.63, 3.8) is 0 Å². The van der Waals surface area contributed by atoms with E-state index in [0.29, 0.717) is 13.1 Å². The van der Waals surface area contributed by atoms with Crippen LogP contribution in [-0.4, -0.2) is 61.4 Å². The van der Waals surface area contributed by atoms with Gasteiger partial charge in [0.1, 0.15) is 12.2 Å². The third kappa shape index (κ3) is 8.61. The fourth-order valence-electron chi connectivity index (χ4n) is 1.30. The minimum atomic E-state index is -0.525. The monoisotopic (exact) mass is 288 g/mol. The summed E-state index contributed by atoms with van der Waals surface area (Å²) in [5.74, 6) is 0. The van der Waals surface area contributed by atoms with Crippen LogP contribution < -0.4 is 0 Å². The number of nitrogens with zero attached hydrogens (tertiary/aromatic N) is 2. The topological polar surface area (TPSA) is 59.1 Å². The van der Waals surface area contributed by atoms with Crippen molar-refractivity contribution in [3.05, 3.63) is 0 Å². The Morgan fingerprint density at radius 3 is 2.05 bits per heavy atom. The van der Waals surface area contributed by atoms with Gasteiger partial charge in [-0.15, -0.1) is 0 Å². The smallest absolute Gasteiger partial charge is 0.410 e. The molecule has 0 spiro atoms. The van der Waals surface area contributed by atoms with Crippen LogP contribution in [0.1, 0.15) is 40.5 Å². The first-order chi connectivity index (χ1) is 9.17. The van der Waals surface area contributed by atoms with Gasteiger partial charge in [0, 0.05) is 20.6 Å². The van der Waals surface area contributed by atoms with Crippen LogP contribution in [0.15, 0.2) is 0 Å². The molecule has 0 heterocycles. The summed E-state index contributed by atoms with van der Waals surface area (Å²) in [5.41, 5.74) is -0.525. The van der Waals surface area contributed by atoms with Crippen molar-refractivity contribution in [2.45, 2.75) is 46.1 Å². The molecule has 2 amide bonds. The molecule has 0 aromatic carbocycles. The van der Waals surface area contributed by atoms with E-state index < -0.39 is 11.7 Å². The van der Waals surface area contributed by atoms with Crippen molar-refractivity contribution in [1.29, 1.82) is 0 Å². The molecule has 0 unspecified atom stereocenters. The summed E-state index contributed by atoms with van der Waals surface area (Å²) in [6.07, 6.45) is 1.19. The van der Waals surface area contributed by atoms with Crippen LogP contribution in [0, 0.1) is 0 Å². The number of hydrogen-bond acceptors (Lipinski definition) is 4. The van der Waals surface area contributed by atoms with E-state index in [-0.39, 0.29) is 12.7 Å². The molecule has 6 nitrogen and oxygen atoms in total. The second-order valence-corrected chi connectivity index (χ2v) is 5.79. The van der Waals surface area contributed by atoms with Crippen LogP contribution in [0.3, 0.4) is 0 Å². The lowest BCUT2D eigenvalue weighted by molar-refractivity contribution is 0.0250. The molecular formula is C14H28N2O4. The SMILES string of the molecule is CCCCN(C)C(=O)OCCN(C)C(=O)OC(C)(C)C. The van der Waals surface area contributed by atoms with Crippen LogP contribution in [0.25, 0.3) is 0 Å². The molecule has 0 saturated heterocycles. The van der Waals surface area contributed by atoms with Crippen molar-refractivity contribution < 1.29 is 19.1 Å². The molecule has 0 aromatic heterocycles. The Balaban J connectivity index is 3.93. The molecule has 0 saturated carbocycles. The molecule has 0 rings (SSSR count). The zero-order valence-electron chi connectivity index (χ0n) is 13.6. The molecule has 0 aliphatic rings. The van der Waals surface area contributed by atoms with E-state index in [4.69, 9.17) is 9.47 Å². The van der Waals surface area contributed by atoms with Gasteiger partial charge in [0.25, 0.3) is 0 Å². The quantitative estimate of drug-likeness (QED) is 0.754. The van der Waals surface area contributed by atoms with Gasteiger partial charge in [-0.25, -0.2) is 9.59 Å². The van der Waals surface area contributed by atoms with Crippen LogP contribution >= 0.6 is 0 Å². The van der Waals surface area contributed by atoms with Crippen molar-refractivity contribution in [3.8, 4) is 0 Å². The molecule has 6 heteroatoms. The Labute approximate surface area is 122 Å². The van der Waals surface area contributed by atoms with E-state index in [0.717, 1.165) is 12.8 Å². The minimum absolute atomic E-state index is 0.158. The molecule has 0 radical (unpaired) electrons. The Kier molecular flexibility index (Phi) is 8.03. The first-order valence-corrected chi connectivity index (χ1v) is 6.99. The molecule has 0 aromatic rings. The van der Waals surface area contributed by atoms with E-state index in [1.807, 2.05) is 20.8 Å². The highest BCUT2D eigenvalue weighted by molar-refractivity contribution is 5.68. The largest absolute Gasteiger partial charge is 0.448 e. The summed E-state index contributed by atoms with van der Waals surface area (Å²) in [7, 11) is 3.32. The average molecular weight is 288 g/mol. The van der Waals surface area contributed by atoms with E-state index in [1.165, 1.54) is 9.80 Å². The summed E-state index contributed by atoms with van der Waals surface area (Å²) >= 11 is 0. The van der Waals surface area contributed by atoms with E-state index in [2.05, 4.69) is 6.92 Å². The molecule has 0 aliphatic carbocycles. The number of ether oxygens (including phenoxy) is 2. The van der Waals surface area contributed by atoms with Crippen molar-refractivity contribution in [2.75, 3.05) is 33.8 Å². The second kappa shape index (κ2) is 8.66. The van der Waals surface area contributed by atoms with E-state index in [1.54, 1.807) is 14.1 Å². The predicted octanol–water partition coefficient (Wildman–Crippen LogP) is 2.72. The van der Waals surface area contributed by atoms with Crippen LogP contribution in [0.2, 0.25) is 0 Å². The van der Waals surface area contributed by atoms with Gasteiger partial charge in [0.2, 0.25) is 0 Å². The molecule has 0 N–H and O–H groups in total. The highest BCUT2D eigenvalue weighted by atomic mass is 16.6. The molecule has 0 bridgehead atoms. The van der Waals surface area contributed by atoms with Crippen LogP contribution in [0.4, 0.5) is 9.59 Å². The van der Waals surface area contributed by atoms with Crippen molar-refractivity contribution >= 4 is 12.2 Å². The maximum absolute atomic E-state index is 11.7. The standard InChI is InChI=1S/C14H28N2O4/c1-7-8-9-15(5)12(17)19-11-10-16(6)13(18)20-14(2,3)4/h7-11H2,1-6H3. The predicted molar refractivity (Wildman–Crippen MR) is 77.8 cm³/mol. The average Bonchev–Trinajstić information content (AvgIpc) is 2.33. The first-order valence-electron chi connectivity index (χ1n) is 6.99. The van der Waals surface area contributed by atoms with E-state index >= 15 is 0 Å². The highest BCUT2D eigenvalue weighted by Crippen LogP contribution is 2.08. The van der Waals surface area contributed by atoms with Gasteiger partial charge in [-0.1, -0.05) is 13.3 Å². The number of carbonyl (C=O) groups is 2. The van der Waals surface area contributed by atoms with Crippen molar-refractivity contribution in [2.24, 2.45) is 0 Å². The van der Waals surface area contributed by atoms with Gasteiger partial charge in [-0.05, 0) is 27.2 Å². The summed E-state index contributed by atoms with van der Waals surface area (Å²) in [6, 6.07) is 0. The summed E-state index contributed by atoms with van der Waals surface area (Å²) in [5, 5.41) is 0. The lowest BCUT2D eigenvalue weighted by Gasteiger charge is -2.24. The normalized spacial score (nSPS) is 10.9. The Hall–Kier alpha value is -1.46. The van der Waals surface area contributed by atoms with Crippen LogP contribution in [-0.2, 0) is 9.47 Å². The lowest BCUT2D eigenvalue weighted by atomic mass is 10.2. The number of likely N-dealkylation sites (N-methyl/N-ethyl adjacent to an activating group) is 1. The minimum Gasteiger partial charge on any atom is -0.448 e. The Morgan fingerprint density at radius 2 is 1.55 bits per heavy atom. The second-order valence-electron chi connectivity index (χ2n) is 5.79. The zero-order valence-corrected chi connectivity index (χ0v) is 13.6. The molecule has 118 valence electrons. The fourth-order valence-corrected chi connectivity index (χ4v) is 1.30. The molecule has 0 fully saturated rings. The maximum Gasteiger partial charge on any atom is 0.410 e. The van der Waals surface area contributed by atoms with Gasteiger partial charge in [0.05, 0.1) is 6.54 Å². The summed E-state index contributed by atoms with van der Waals surface area (Å²) in [4.78, 5) is 26.2. The van der Waals surface area contributed by atoms with Crippen LogP contribution in [0.5, 0.6) is 0 Å². The maximum atomic E-state index is 11.7. The van der Waals surface area contributed by atoms with Gasteiger partial charge >= 0.3 is 12.2 Å². The number of carbonyl (C=O) groups excluding carboxylic acids is 2. The van der Waals surface area contributed by atoms with Gasteiger partial charge in [-0.3, -0.25) is 0 Å². The van der Waals surface area contributed by atoms with E-state index in [9.17, 15) is 9.59 Å². The number of unbranched alkanes of at least 4 members (excludes halogenated alkanes) is 1. The fraction of sp³-hybridized carbons (Fsp3) is 0.857. The molecular weight excluding hydrogens is 260 g/mol. The Bertz CT molecular complexity index is 313. The zero-order chi connectivity index (χ0) is 15.8. The van der Waals surface area contributed by atoms with Gasteiger partial charge in [0.15, 0.2) is 0 Å². The summed E-state index contributed by atoms with van der Waals surface area (Å²) in [6.45, 7) is 8.63. The van der Waals surface area contributed by atoms with Gasteiger partial charge < -0.3 is 19.3 Å². The number of amides is 2. The molecule has 0 atom stereocenters. The molecule has 20 heavy (non-hydrogen) atoms. The first kappa shape index (κ1) is 18.5. The van der Waals surface area contributed by atoms with Crippen molar-refractivity contribution in [1.82, 2.24) is 9.80 Å². The lowest BCUT2D eigenvalue weighted by Crippen LogP contribution is -2.37. The van der Waals surface area contributed by atoms with Gasteiger partial charge in [-0.2, -0.15) is 0 Å². The third-order valence-electron chi connectivity index (χ3n) is 2.52. The number of hydrogen-bond donors (Lipinski definition) is 0.